The fourth-order valence-corrected chi connectivity index (χ4v) is 4.23. The van der Waals surface area contributed by atoms with E-state index >= 15 is 0 Å². The molecule has 3 aliphatic heterocycles. The number of ether oxygens (including phenoxy) is 2. The van der Waals surface area contributed by atoms with Crippen molar-refractivity contribution in [3.8, 4) is 11.5 Å². The number of hydrogen-bond acceptors (Lipinski definition) is 6. The Hall–Kier alpha value is -2.67. The van der Waals surface area contributed by atoms with Crippen LogP contribution in [-0.4, -0.2) is 64.1 Å². The van der Waals surface area contributed by atoms with Gasteiger partial charge in [-0.05, 0) is 31.5 Å². The van der Waals surface area contributed by atoms with Crippen molar-refractivity contribution in [3.63, 3.8) is 0 Å². The molecule has 0 aliphatic carbocycles. The van der Waals surface area contributed by atoms with Gasteiger partial charge < -0.3 is 14.4 Å². The number of fused-ring (bicyclic) bond motifs is 2. The van der Waals surface area contributed by atoms with E-state index in [0.717, 1.165) is 49.7 Å². The summed E-state index contributed by atoms with van der Waals surface area (Å²) >= 11 is 0. The largest absolute Gasteiger partial charge is 0.486 e. The Balaban J connectivity index is 1.23. The Kier molecular flexibility index (Phi) is 4.16. The second-order valence-corrected chi connectivity index (χ2v) is 7.37. The maximum atomic E-state index is 12.7. The summed E-state index contributed by atoms with van der Waals surface area (Å²) in [6.07, 6.45) is 5.25. The lowest BCUT2D eigenvalue weighted by Crippen LogP contribution is -2.51. The van der Waals surface area contributed by atoms with Gasteiger partial charge in [-0.25, -0.2) is 9.97 Å². The quantitative estimate of drug-likeness (QED) is 0.824. The van der Waals surface area contributed by atoms with Crippen LogP contribution in [-0.2, 0) is 6.54 Å². The number of rotatable bonds is 3. The van der Waals surface area contributed by atoms with Crippen LogP contribution in [0.2, 0.25) is 0 Å². The van der Waals surface area contributed by atoms with Gasteiger partial charge in [0.15, 0.2) is 11.5 Å². The van der Waals surface area contributed by atoms with Crippen LogP contribution in [0.15, 0.2) is 36.8 Å². The Morgan fingerprint density at radius 3 is 3.00 bits per heavy atom. The molecule has 2 atom stereocenters. The van der Waals surface area contributed by atoms with Crippen LogP contribution in [0.5, 0.6) is 11.5 Å². The molecule has 1 amide bonds. The fraction of sp³-hybridized carbons (Fsp3) is 0.450. The zero-order chi connectivity index (χ0) is 18.2. The highest BCUT2D eigenvalue weighted by Crippen LogP contribution is 2.32. The molecule has 7 nitrogen and oxygen atoms in total. The molecule has 0 N–H and O–H groups in total. The summed E-state index contributed by atoms with van der Waals surface area (Å²) in [5, 5.41) is 0. The van der Waals surface area contributed by atoms with Gasteiger partial charge in [0, 0.05) is 25.3 Å². The number of para-hydroxylation sites is 2. The van der Waals surface area contributed by atoms with Crippen molar-refractivity contribution >= 4 is 5.91 Å². The molecule has 7 heteroatoms. The number of aromatic nitrogens is 2. The molecule has 2 unspecified atom stereocenters. The Morgan fingerprint density at radius 2 is 2.11 bits per heavy atom. The summed E-state index contributed by atoms with van der Waals surface area (Å²) in [7, 11) is 0. The van der Waals surface area contributed by atoms with E-state index in [0.29, 0.717) is 18.7 Å². The number of benzene rings is 1. The molecule has 0 bridgehead atoms. The molecule has 1 saturated heterocycles. The minimum atomic E-state index is 0.0102. The minimum Gasteiger partial charge on any atom is -0.486 e. The standard InChI is InChI=1S/C20H22N4O3/c25-20-16-8-21-13-22-17(16)11-24(20)14-4-3-7-23(9-14)10-15-12-26-18-5-1-2-6-19(18)27-15/h1-2,5-6,8,13-15H,3-4,7,9-12H2. The number of piperidine rings is 1. The number of carbonyl (C=O) groups is 1. The van der Waals surface area contributed by atoms with Crippen molar-refractivity contribution in [1.82, 2.24) is 19.8 Å². The van der Waals surface area contributed by atoms with E-state index in [4.69, 9.17) is 9.47 Å². The van der Waals surface area contributed by atoms with E-state index in [9.17, 15) is 4.79 Å². The van der Waals surface area contributed by atoms with Crippen LogP contribution < -0.4 is 9.47 Å². The van der Waals surface area contributed by atoms with Crippen molar-refractivity contribution in [3.05, 3.63) is 48.0 Å². The third-order valence-electron chi connectivity index (χ3n) is 5.56. The van der Waals surface area contributed by atoms with E-state index in [2.05, 4.69) is 14.9 Å². The maximum Gasteiger partial charge on any atom is 0.258 e. The summed E-state index contributed by atoms with van der Waals surface area (Å²) < 4.78 is 11.9. The lowest BCUT2D eigenvalue weighted by atomic mass is 10.0. The third kappa shape index (κ3) is 3.12. The predicted octanol–water partition coefficient (Wildman–Crippen LogP) is 1.74. The Morgan fingerprint density at radius 1 is 1.22 bits per heavy atom. The summed E-state index contributed by atoms with van der Waals surface area (Å²) in [5.74, 6) is 1.68. The van der Waals surface area contributed by atoms with Gasteiger partial charge >= 0.3 is 0 Å². The van der Waals surface area contributed by atoms with Crippen LogP contribution in [0, 0.1) is 0 Å². The summed E-state index contributed by atoms with van der Waals surface area (Å²) in [6.45, 7) is 3.83. The molecule has 140 valence electrons. The molecule has 0 radical (unpaired) electrons. The lowest BCUT2D eigenvalue weighted by Gasteiger charge is -2.39. The molecular weight excluding hydrogens is 344 g/mol. The monoisotopic (exact) mass is 366 g/mol. The Bertz CT molecular complexity index is 859. The van der Waals surface area contributed by atoms with Gasteiger partial charge in [-0.15, -0.1) is 0 Å². The van der Waals surface area contributed by atoms with Crippen LogP contribution in [0.25, 0.3) is 0 Å². The number of carbonyl (C=O) groups excluding carboxylic acids is 1. The van der Waals surface area contributed by atoms with E-state index in [1.165, 1.54) is 6.33 Å². The predicted molar refractivity (Wildman–Crippen MR) is 97.7 cm³/mol. The summed E-state index contributed by atoms with van der Waals surface area (Å²) in [5.41, 5.74) is 1.49. The van der Waals surface area contributed by atoms with Gasteiger partial charge in [0.2, 0.25) is 0 Å². The highest BCUT2D eigenvalue weighted by molar-refractivity contribution is 5.97. The Labute approximate surface area is 157 Å². The smallest absolute Gasteiger partial charge is 0.258 e. The first-order chi connectivity index (χ1) is 13.3. The van der Waals surface area contributed by atoms with Gasteiger partial charge in [-0.2, -0.15) is 0 Å². The molecule has 1 aromatic heterocycles. The van der Waals surface area contributed by atoms with Gasteiger partial charge in [0.25, 0.3) is 5.91 Å². The van der Waals surface area contributed by atoms with Crippen molar-refractivity contribution in [2.24, 2.45) is 0 Å². The second-order valence-electron chi connectivity index (χ2n) is 7.37. The molecule has 0 saturated carbocycles. The molecule has 5 rings (SSSR count). The van der Waals surface area contributed by atoms with Crippen LogP contribution in [0.3, 0.4) is 0 Å². The molecule has 4 heterocycles. The normalized spacial score (nSPS) is 24.7. The van der Waals surface area contributed by atoms with Crippen molar-refractivity contribution in [2.75, 3.05) is 26.2 Å². The maximum absolute atomic E-state index is 12.7. The molecular formula is C20H22N4O3. The topological polar surface area (TPSA) is 67.8 Å². The van der Waals surface area contributed by atoms with Gasteiger partial charge in [-0.1, -0.05) is 12.1 Å². The van der Waals surface area contributed by atoms with Gasteiger partial charge in [0.05, 0.1) is 17.8 Å². The summed E-state index contributed by atoms with van der Waals surface area (Å²) in [6, 6.07) is 8.00. The molecule has 27 heavy (non-hydrogen) atoms. The molecule has 1 fully saturated rings. The van der Waals surface area contributed by atoms with Crippen molar-refractivity contribution in [2.45, 2.75) is 31.5 Å². The molecule has 3 aliphatic rings. The average molecular weight is 366 g/mol. The lowest BCUT2D eigenvalue weighted by molar-refractivity contribution is 0.0306. The molecule has 0 spiro atoms. The van der Waals surface area contributed by atoms with E-state index in [1.54, 1.807) is 6.20 Å². The molecule has 2 aromatic rings. The highest BCUT2D eigenvalue weighted by atomic mass is 16.6. The first-order valence-electron chi connectivity index (χ1n) is 9.48. The number of nitrogens with zero attached hydrogens (tertiary/aromatic N) is 4. The van der Waals surface area contributed by atoms with E-state index in [-0.39, 0.29) is 18.1 Å². The van der Waals surface area contributed by atoms with Crippen molar-refractivity contribution < 1.29 is 14.3 Å². The van der Waals surface area contributed by atoms with Crippen molar-refractivity contribution in [1.29, 1.82) is 0 Å². The zero-order valence-electron chi connectivity index (χ0n) is 15.1. The number of likely N-dealkylation sites (tertiary alicyclic amines) is 1. The average Bonchev–Trinajstić information content (AvgIpc) is 3.05. The number of amides is 1. The SMILES string of the molecule is O=C1c2cncnc2CN1C1CCCN(CC2COc3ccccc3O2)C1. The molecule has 1 aromatic carbocycles. The first-order valence-corrected chi connectivity index (χ1v) is 9.48. The van der Waals surface area contributed by atoms with Gasteiger partial charge in [0.1, 0.15) is 19.0 Å². The van der Waals surface area contributed by atoms with E-state index < -0.39 is 0 Å². The van der Waals surface area contributed by atoms with Crippen LogP contribution in [0.1, 0.15) is 28.9 Å². The fourth-order valence-electron chi connectivity index (χ4n) is 4.23. The highest BCUT2D eigenvalue weighted by Gasteiger charge is 2.36. The van der Waals surface area contributed by atoms with Crippen LogP contribution >= 0.6 is 0 Å². The second kappa shape index (κ2) is 6.81. The third-order valence-corrected chi connectivity index (χ3v) is 5.56. The first kappa shape index (κ1) is 16.5. The van der Waals surface area contributed by atoms with Crippen LogP contribution in [0.4, 0.5) is 0 Å². The summed E-state index contributed by atoms with van der Waals surface area (Å²) in [4.78, 5) is 25.3. The number of hydrogen-bond donors (Lipinski definition) is 0. The van der Waals surface area contributed by atoms with Gasteiger partial charge in [-0.3, -0.25) is 9.69 Å². The zero-order valence-corrected chi connectivity index (χ0v) is 15.1. The van der Waals surface area contributed by atoms with E-state index in [1.807, 2.05) is 29.2 Å². The minimum absolute atomic E-state index is 0.0102.